The van der Waals surface area contributed by atoms with Crippen LogP contribution in [0, 0.1) is 12.7 Å². The van der Waals surface area contributed by atoms with Crippen molar-refractivity contribution >= 4 is 16.9 Å². The van der Waals surface area contributed by atoms with Crippen LogP contribution < -0.4 is 0 Å². The summed E-state index contributed by atoms with van der Waals surface area (Å²) in [6, 6.07) is 13.6. The molecule has 3 rings (SSSR count). The van der Waals surface area contributed by atoms with Gasteiger partial charge in [-0.2, -0.15) is 0 Å². The van der Waals surface area contributed by atoms with Gasteiger partial charge in [-0.25, -0.2) is 9.18 Å². The zero-order valence-electron chi connectivity index (χ0n) is 11.5. The van der Waals surface area contributed by atoms with E-state index in [0.717, 1.165) is 22.0 Å². The van der Waals surface area contributed by atoms with E-state index in [1.54, 1.807) is 22.8 Å². The van der Waals surface area contributed by atoms with E-state index in [9.17, 15) is 14.3 Å². The van der Waals surface area contributed by atoms with E-state index in [1.807, 2.05) is 25.1 Å². The summed E-state index contributed by atoms with van der Waals surface area (Å²) < 4.78 is 15.0. The first kappa shape index (κ1) is 13.4. The maximum Gasteiger partial charge on any atom is 0.352 e. The molecule has 1 N–H and O–H groups in total. The highest BCUT2D eigenvalue weighted by Gasteiger charge is 2.16. The summed E-state index contributed by atoms with van der Waals surface area (Å²) >= 11 is 0. The lowest BCUT2D eigenvalue weighted by atomic mass is 10.1. The molecule has 1 heterocycles. The summed E-state index contributed by atoms with van der Waals surface area (Å²) in [5.41, 5.74) is 2.82. The van der Waals surface area contributed by atoms with E-state index in [4.69, 9.17) is 0 Å². The standard InChI is InChI=1S/C17H14FNO2/c1-11-4-2-6-13-9-15(17(20)21)19(16(11)13)10-12-5-3-7-14(18)8-12/h2-9H,10H2,1H3,(H,20,21). The van der Waals surface area contributed by atoms with Gasteiger partial charge in [0, 0.05) is 11.9 Å². The second-order valence-electron chi connectivity index (χ2n) is 5.06. The third-order valence-electron chi connectivity index (χ3n) is 3.57. The van der Waals surface area contributed by atoms with Gasteiger partial charge in [0.05, 0.1) is 5.52 Å². The van der Waals surface area contributed by atoms with Gasteiger partial charge < -0.3 is 9.67 Å². The fourth-order valence-electron chi connectivity index (χ4n) is 2.67. The van der Waals surface area contributed by atoms with Crippen molar-refractivity contribution in [3.8, 4) is 0 Å². The summed E-state index contributed by atoms with van der Waals surface area (Å²) in [6.07, 6.45) is 0. The maximum absolute atomic E-state index is 13.3. The van der Waals surface area contributed by atoms with Crippen LogP contribution in [0.5, 0.6) is 0 Å². The summed E-state index contributed by atoms with van der Waals surface area (Å²) in [5.74, 6) is -1.31. The van der Waals surface area contributed by atoms with Crippen molar-refractivity contribution in [3.05, 3.63) is 71.2 Å². The lowest BCUT2D eigenvalue weighted by Crippen LogP contribution is -2.10. The van der Waals surface area contributed by atoms with Gasteiger partial charge in [-0.3, -0.25) is 0 Å². The molecule has 0 saturated heterocycles. The molecule has 0 aliphatic heterocycles. The number of halogens is 1. The van der Waals surface area contributed by atoms with E-state index in [2.05, 4.69) is 0 Å². The average Bonchev–Trinajstić information content (AvgIpc) is 2.79. The Hall–Kier alpha value is -2.62. The van der Waals surface area contributed by atoms with Crippen LogP contribution in [0.2, 0.25) is 0 Å². The molecule has 1 aromatic heterocycles. The van der Waals surface area contributed by atoms with Gasteiger partial charge in [-0.15, -0.1) is 0 Å². The fourth-order valence-corrected chi connectivity index (χ4v) is 2.67. The highest BCUT2D eigenvalue weighted by Crippen LogP contribution is 2.24. The molecule has 4 heteroatoms. The molecule has 21 heavy (non-hydrogen) atoms. The quantitative estimate of drug-likeness (QED) is 0.793. The molecule has 0 atom stereocenters. The summed E-state index contributed by atoms with van der Waals surface area (Å²) in [7, 11) is 0. The molecule has 2 aromatic carbocycles. The number of hydrogen-bond donors (Lipinski definition) is 1. The van der Waals surface area contributed by atoms with Crippen molar-refractivity contribution in [2.75, 3.05) is 0 Å². The third kappa shape index (κ3) is 2.40. The number of hydrogen-bond acceptors (Lipinski definition) is 1. The molecular weight excluding hydrogens is 269 g/mol. The Labute approximate surface area is 121 Å². The van der Waals surface area contributed by atoms with Crippen molar-refractivity contribution in [3.63, 3.8) is 0 Å². The van der Waals surface area contributed by atoms with Crippen LogP contribution in [0.25, 0.3) is 10.9 Å². The van der Waals surface area contributed by atoms with Crippen LogP contribution in [0.4, 0.5) is 4.39 Å². The molecule has 0 saturated carbocycles. The Bertz CT molecular complexity index is 836. The van der Waals surface area contributed by atoms with E-state index in [0.29, 0.717) is 6.54 Å². The van der Waals surface area contributed by atoms with Crippen LogP contribution in [0.15, 0.2) is 48.5 Å². The highest BCUT2D eigenvalue weighted by molar-refractivity contribution is 5.95. The lowest BCUT2D eigenvalue weighted by molar-refractivity contribution is 0.0686. The predicted octanol–water partition coefficient (Wildman–Crippen LogP) is 3.84. The fraction of sp³-hybridized carbons (Fsp3) is 0.118. The number of rotatable bonds is 3. The van der Waals surface area contributed by atoms with E-state index in [-0.39, 0.29) is 11.5 Å². The first-order valence-electron chi connectivity index (χ1n) is 6.63. The van der Waals surface area contributed by atoms with E-state index < -0.39 is 5.97 Å². The van der Waals surface area contributed by atoms with Crippen LogP contribution in [0.3, 0.4) is 0 Å². The number of nitrogens with zero attached hydrogens (tertiary/aromatic N) is 1. The van der Waals surface area contributed by atoms with Gasteiger partial charge in [0.1, 0.15) is 11.5 Å². The first-order chi connectivity index (χ1) is 10.1. The Kier molecular flexibility index (Phi) is 3.22. The van der Waals surface area contributed by atoms with Crippen LogP contribution in [-0.2, 0) is 6.54 Å². The molecule has 0 fully saturated rings. The van der Waals surface area contributed by atoms with Crippen molar-refractivity contribution in [1.82, 2.24) is 4.57 Å². The molecule has 0 amide bonds. The Morgan fingerprint density at radius 2 is 1.95 bits per heavy atom. The number of carboxylic acid groups (broad SMARTS) is 1. The zero-order chi connectivity index (χ0) is 15.0. The molecule has 0 radical (unpaired) electrons. The van der Waals surface area contributed by atoms with Crippen LogP contribution >= 0.6 is 0 Å². The number of aryl methyl sites for hydroxylation is 1. The number of benzene rings is 2. The Balaban J connectivity index is 2.20. The lowest BCUT2D eigenvalue weighted by Gasteiger charge is -2.10. The minimum Gasteiger partial charge on any atom is -0.477 e. The summed E-state index contributed by atoms with van der Waals surface area (Å²) in [4.78, 5) is 11.5. The molecule has 0 aliphatic rings. The highest BCUT2D eigenvalue weighted by atomic mass is 19.1. The number of fused-ring (bicyclic) bond motifs is 1. The summed E-state index contributed by atoms with van der Waals surface area (Å²) in [6.45, 7) is 2.27. The van der Waals surface area contributed by atoms with Gasteiger partial charge >= 0.3 is 5.97 Å². The van der Waals surface area contributed by atoms with Crippen molar-refractivity contribution in [2.45, 2.75) is 13.5 Å². The minimum atomic E-state index is -0.984. The van der Waals surface area contributed by atoms with Gasteiger partial charge in [0.15, 0.2) is 0 Å². The molecule has 3 nitrogen and oxygen atoms in total. The number of carbonyl (C=O) groups is 1. The molecule has 106 valence electrons. The number of para-hydroxylation sites is 1. The van der Waals surface area contributed by atoms with Crippen molar-refractivity contribution < 1.29 is 14.3 Å². The van der Waals surface area contributed by atoms with Crippen LogP contribution in [0.1, 0.15) is 21.6 Å². The number of carboxylic acids is 1. The zero-order valence-corrected chi connectivity index (χ0v) is 11.5. The van der Waals surface area contributed by atoms with Crippen molar-refractivity contribution in [1.29, 1.82) is 0 Å². The monoisotopic (exact) mass is 283 g/mol. The Morgan fingerprint density at radius 3 is 2.67 bits per heavy atom. The minimum absolute atomic E-state index is 0.212. The predicted molar refractivity (Wildman–Crippen MR) is 79.1 cm³/mol. The topological polar surface area (TPSA) is 42.2 Å². The van der Waals surface area contributed by atoms with E-state index >= 15 is 0 Å². The third-order valence-corrected chi connectivity index (χ3v) is 3.57. The van der Waals surface area contributed by atoms with Crippen molar-refractivity contribution in [2.24, 2.45) is 0 Å². The molecule has 0 spiro atoms. The SMILES string of the molecule is Cc1cccc2cc(C(=O)O)n(Cc3cccc(F)c3)c12. The van der Waals surface area contributed by atoms with Crippen LogP contribution in [-0.4, -0.2) is 15.6 Å². The molecule has 0 unspecified atom stereocenters. The first-order valence-corrected chi connectivity index (χ1v) is 6.63. The number of aromatic nitrogens is 1. The Morgan fingerprint density at radius 1 is 1.19 bits per heavy atom. The molecule has 0 aliphatic carbocycles. The second kappa shape index (κ2) is 5.05. The van der Waals surface area contributed by atoms with Gasteiger partial charge in [0.2, 0.25) is 0 Å². The van der Waals surface area contributed by atoms with Gasteiger partial charge in [0.25, 0.3) is 0 Å². The largest absolute Gasteiger partial charge is 0.477 e. The second-order valence-corrected chi connectivity index (χ2v) is 5.06. The molecule has 0 bridgehead atoms. The summed E-state index contributed by atoms with van der Waals surface area (Å²) in [5, 5.41) is 10.3. The molecule has 3 aromatic rings. The molecular formula is C17H14FNO2. The van der Waals surface area contributed by atoms with Gasteiger partial charge in [-0.05, 0) is 36.2 Å². The van der Waals surface area contributed by atoms with E-state index in [1.165, 1.54) is 12.1 Å². The number of aromatic carboxylic acids is 1. The van der Waals surface area contributed by atoms with Gasteiger partial charge in [-0.1, -0.05) is 30.3 Å². The smallest absolute Gasteiger partial charge is 0.352 e. The maximum atomic E-state index is 13.3. The normalized spacial score (nSPS) is 11.0. The average molecular weight is 283 g/mol.